The first-order valence-electron chi connectivity index (χ1n) is 11.3. The topological polar surface area (TPSA) is 51.1 Å². The van der Waals surface area contributed by atoms with Crippen LogP contribution in [0.5, 0.6) is 11.5 Å². The fourth-order valence-electron chi connectivity index (χ4n) is 4.35. The number of benzene rings is 2. The van der Waals surface area contributed by atoms with Crippen LogP contribution in [0.1, 0.15) is 45.1 Å². The van der Waals surface area contributed by atoms with Crippen molar-refractivity contribution in [2.75, 3.05) is 13.7 Å². The molecule has 2 aliphatic rings. The van der Waals surface area contributed by atoms with Crippen LogP contribution in [0.25, 0.3) is 6.08 Å². The van der Waals surface area contributed by atoms with Gasteiger partial charge in [-0.2, -0.15) is 0 Å². The van der Waals surface area contributed by atoms with Gasteiger partial charge in [0.05, 0.1) is 24.3 Å². The summed E-state index contributed by atoms with van der Waals surface area (Å²) in [4.78, 5) is 21.1. The molecule has 2 aromatic carbocycles. The van der Waals surface area contributed by atoms with Gasteiger partial charge < -0.3 is 9.47 Å². The number of thioether (sulfide) groups is 1. The highest BCUT2D eigenvalue weighted by molar-refractivity contribution is 8.18. The van der Waals surface area contributed by atoms with Crippen LogP contribution in [-0.2, 0) is 4.79 Å². The van der Waals surface area contributed by atoms with Crippen LogP contribution in [0.4, 0.5) is 5.69 Å². The van der Waals surface area contributed by atoms with Crippen molar-refractivity contribution in [3.8, 4) is 11.5 Å². The predicted octanol–water partition coefficient (Wildman–Crippen LogP) is 6.28. The highest BCUT2D eigenvalue weighted by atomic mass is 32.2. The fourth-order valence-corrected chi connectivity index (χ4v) is 5.40. The highest BCUT2D eigenvalue weighted by Crippen LogP contribution is 2.40. The van der Waals surface area contributed by atoms with E-state index in [0.29, 0.717) is 28.9 Å². The maximum absolute atomic E-state index is 13.6. The van der Waals surface area contributed by atoms with Gasteiger partial charge in [0.1, 0.15) is 0 Å². The first kappa shape index (κ1) is 22.5. The van der Waals surface area contributed by atoms with Crippen molar-refractivity contribution < 1.29 is 14.3 Å². The normalized spacial score (nSPS) is 23.7. The summed E-state index contributed by atoms with van der Waals surface area (Å²) in [5, 5.41) is 0.768. The van der Waals surface area contributed by atoms with Gasteiger partial charge in [0.2, 0.25) is 0 Å². The number of rotatable bonds is 6. The molecule has 1 amide bonds. The molecule has 2 fully saturated rings. The number of carbonyl (C=O) groups excluding carboxylic acids is 1. The summed E-state index contributed by atoms with van der Waals surface area (Å²) in [6.45, 7) is 4.74. The molecule has 1 aliphatic heterocycles. The monoisotopic (exact) mass is 450 g/mol. The minimum atomic E-state index is 0.0391. The first-order chi connectivity index (χ1) is 15.6. The lowest BCUT2D eigenvalue weighted by atomic mass is 9.85. The number of nitrogens with zero attached hydrogens (tertiary/aromatic N) is 2. The second kappa shape index (κ2) is 10.3. The van der Waals surface area contributed by atoms with Gasteiger partial charge in [-0.25, -0.2) is 4.99 Å². The van der Waals surface area contributed by atoms with Gasteiger partial charge >= 0.3 is 0 Å². The maximum atomic E-state index is 13.6. The number of aliphatic imine (C=N–C) groups is 1. The second-order valence-electron chi connectivity index (χ2n) is 8.19. The van der Waals surface area contributed by atoms with E-state index in [9.17, 15) is 4.79 Å². The van der Waals surface area contributed by atoms with Gasteiger partial charge in [-0.1, -0.05) is 44.0 Å². The molecule has 5 nitrogen and oxygen atoms in total. The number of hydrogen-bond donors (Lipinski definition) is 0. The molecule has 0 radical (unpaired) electrons. The second-order valence-corrected chi connectivity index (χ2v) is 9.20. The van der Waals surface area contributed by atoms with Crippen LogP contribution in [-0.4, -0.2) is 35.7 Å². The maximum Gasteiger partial charge on any atom is 0.267 e. The van der Waals surface area contributed by atoms with Crippen LogP contribution in [0, 0.1) is 5.92 Å². The first-order valence-corrected chi connectivity index (χ1v) is 12.1. The van der Waals surface area contributed by atoms with Crippen molar-refractivity contribution in [2.45, 2.75) is 45.6 Å². The Bertz CT molecular complexity index is 1020. The molecular formula is C26H30N2O3S. The number of amidine groups is 1. The van der Waals surface area contributed by atoms with E-state index >= 15 is 0 Å². The average Bonchev–Trinajstić information content (AvgIpc) is 3.09. The fraction of sp³-hybridized carbons (Fsp3) is 0.385. The molecule has 1 heterocycles. The Labute approximate surface area is 194 Å². The third-order valence-corrected chi connectivity index (χ3v) is 6.98. The van der Waals surface area contributed by atoms with Gasteiger partial charge in [0.15, 0.2) is 16.7 Å². The number of para-hydroxylation sites is 1. The van der Waals surface area contributed by atoms with Crippen LogP contribution in [0.3, 0.4) is 0 Å². The average molecular weight is 451 g/mol. The zero-order valence-corrected chi connectivity index (χ0v) is 19.7. The van der Waals surface area contributed by atoms with E-state index in [1.807, 2.05) is 66.4 Å². The Morgan fingerprint density at radius 1 is 1.12 bits per heavy atom. The molecule has 0 aromatic heterocycles. The van der Waals surface area contributed by atoms with Crippen LogP contribution in [0.15, 0.2) is 58.4 Å². The molecule has 1 aliphatic carbocycles. The number of ether oxygens (including phenoxy) is 2. The molecular weight excluding hydrogens is 420 g/mol. The third-order valence-electron chi connectivity index (χ3n) is 6.00. The molecule has 1 saturated carbocycles. The zero-order chi connectivity index (χ0) is 22.5. The Hall–Kier alpha value is -2.73. The number of hydrogen-bond acceptors (Lipinski definition) is 5. The van der Waals surface area contributed by atoms with Gasteiger partial charge in [-0.15, -0.1) is 0 Å². The highest BCUT2D eigenvalue weighted by Gasteiger charge is 2.41. The van der Waals surface area contributed by atoms with Crippen molar-refractivity contribution in [2.24, 2.45) is 10.9 Å². The molecule has 0 spiro atoms. The Balaban J connectivity index is 1.70. The van der Waals surface area contributed by atoms with Crippen molar-refractivity contribution in [1.29, 1.82) is 0 Å². The van der Waals surface area contributed by atoms with Crippen LogP contribution >= 0.6 is 11.8 Å². The molecule has 6 heteroatoms. The lowest BCUT2D eigenvalue weighted by Crippen LogP contribution is -2.44. The number of amides is 1. The number of carbonyl (C=O) groups is 1. The molecule has 4 rings (SSSR count). The molecule has 0 unspecified atom stereocenters. The summed E-state index contributed by atoms with van der Waals surface area (Å²) < 4.78 is 11.1. The van der Waals surface area contributed by atoms with Gasteiger partial charge in [-0.05, 0) is 73.4 Å². The van der Waals surface area contributed by atoms with E-state index in [1.165, 1.54) is 18.2 Å². The minimum absolute atomic E-state index is 0.0391. The van der Waals surface area contributed by atoms with Crippen molar-refractivity contribution in [3.63, 3.8) is 0 Å². The Morgan fingerprint density at radius 3 is 2.62 bits per heavy atom. The molecule has 168 valence electrons. The van der Waals surface area contributed by atoms with Crippen molar-refractivity contribution >= 4 is 34.6 Å². The van der Waals surface area contributed by atoms with Crippen molar-refractivity contribution in [1.82, 2.24) is 4.90 Å². The van der Waals surface area contributed by atoms with Gasteiger partial charge in [0, 0.05) is 6.04 Å². The smallest absolute Gasteiger partial charge is 0.267 e. The van der Waals surface area contributed by atoms with E-state index in [2.05, 4.69) is 6.92 Å². The molecule has 2 atom stereocenters. The standard InChI is InChI=1S/C26H30N2O3S/c1-4-31-23-16-19(14-15-22(23)30-3)17-24-25(29)28(21-13-9-8-10-18(21)2)26(32-24)27-20-11-6-5-7-12-20/h5-7,11-12,14-18,21H,4,8-10,13H2,1-3H3/b24-17-,27-26?/t18-,21+/m0/s1. The molecule has 0 bridgehead atoms. The SMILES string of the molecule is CCOc1cc(/C=C2\SC(=Nc3ccccc3)N([C@@H]3CCCC[C@@H]3C)C2=O)ccc1OC. The Kier molecular flexibility index (Phi) is 7.20. The summed E-state index contributed by atoms with van der Waals surface area (Å²) in [5.74, 6) is 1.86. The van der Waals surface area contributed by atoms with Gasteiger partial charge in [0.25, 0.3) is 5.91 Å². The Morgan fingerprint density at radius 2 is 1.91 bits per heavy atom. The van der Waals surface area contributed by atoms with E-state index in [4.69, 9.17) is 14.5 Å². The van der Waals surface area contributed by atoms with E-state index in [0.717, 1.165) is 35.7 Å². The van der Waals surface area contributed by atoms with E-state index < -0.39 is 0 Å². The lowest BCUT2D eigenvalue weighted by Gasteiger charge is -2.35. The quantitative estimate of drug-likeness (QED) is 0.486. The molecule has 2 aromatic rings. The zero-order valence-electron chi connectivity index (χ0n) is 18.9. The van der Waals surface area contributed by atoms with Crippen molar-refractivity contribution in [3.05, 3.63) is 59.0 Å². The predicted molar refractivity (Wildman–Crippen MR) is 132 cm³/mol. The summed E-state index contributed by atoms with van der Waals surface area (Å²) in [6, 6.07) is 15.8. The lowest BCUT2D eigenvalue weighted by molar-refractivity contribution is -0.124. The summed E-state index contributed by atoms with van der Waals surface area (Å²) in [5.41, 5.74) is 1.77. The van der Waals surface area contributed by atoms with E-state index in [1.54, 1.807) is 7.11 Å². The minimum Gasteiger partial charge on any atom is -0.493 e. The number of methoxy groups -OCH3 is 1. The molecule has 0 N–H and O–H groups in total. The summed E-state index contributed by atoms with van der Waals surface area (Å²) in [7, 11) is 1.63. The van der Waals surface area contributed by atoms with Crippen LogP contribution < -0.4 is 9.47 Å². The van der Waals surface area contributed by atoms with E-state index in [-0.39, 0.29) is 11.9 Å². The molecule has 32 heavy (non-hydrogen) atoms. The summed E-state index contributed by atoms with van der Waals surface area (Å²) >= 11 is 1.46. The molecule has 1 saturated heterocycles. The third kappa shape index (κ3) is 4.85. The van der Waals surface area contributed by atoms with Crippen LogP contribution in [0.2, 0.25) is 0 Å². The van der Waals surface area contributed by atoms with Gasteiger partial charge in [-0.3, -0.25) is 9.69 Å². The summed E-state index contributed by atoms with van der Waals surface area (Å²) in [6.07, 6.45) is 6.48. The largest absolute Gasteiger partial charge is 0.493 e.